The molecule has 2 aromatic heterocycles. The summed E-state index contributed by atoms with van der Waals surface area (Å²) >= 11 is 0. The fourth-order valence-electron chi connectivity index (χ4n) is 2.73. The Labute approximate surface area is 148 Å². The molecule has 1 amide bonds. The molecule has 3 N–H and O–H groups in total. The standard InChI is InChI=1S/C18H18FN5O2/c1-3-7-22-18(26)16-15(20)10-4-5-12(19)14(11(10)9-23-16)17-21-8-6-13(25)24(17)2/h4-6,8-9H,3,7,20H2,1-2H3,(H,22,26). The maximum atomic E-state index is 14.6. The van der Waals surface area contributed by atoms with E-state index in [9.17, 15) is 14.0 Å². The summed E-state index contributed by atoms with van der Waals surface area (Å²) in [6.07, 6.45) is 3.48. The minimum atomic E-state index is -0.560. The normalized spacial score (nSPS) is 10.9. The van der Waals surface area contributed by atoms with Gasteiger partial charge in [0.15, 0.2) is 5.69 Å². The predicted octanol–water partition coefficient (Wildman–Crippen LogP) is 1.86. The van der Waals surface area contributed by atoms with Crippen molar-refractivity contribution in [3.05, 3.63) is 52.5 Å². The van der Waals surface area contributed by atoms with Gasteiger partial charge in [-0.1, -0.05) is 6.92 Å². The van der Waals surface area contributed by atoms with Crippen molar-refractivity contribution in [1.82, 2.24) is 19.9 Å². The molecule has 3 aromatic rings. The molecule has 26 heavy (non-hydrogen) atoms. The number of nitrogens with zero attached hydrogens (tertiary/aromatic N) is 3. The molecule has 0 saturated carbocycles. The fourth-order valence-corrected chi connectivity index (χ4v) is 2.73. The van der Waals surface area contributed by atoms with Crippen molar-refractivity contribution in [2.24, 2.45) is 7.05 Å². The third-order valence-electron chi connectivity index (χ3n) is 4.10. The number of hydrogen-bond donors (Lipinski definition) is 2. The van der Waals surface area contributed by atoms with Crippen LogP contribution in [0.5, 0.6) is 0 Å². The number of halogens is 1. The SMILES string of the molecule is CCCNC(=O)c1ncc2c(-c3nccc(=O)n3C)c(F)ccc2c1N. The molecule has 134 valence electrons. The second-order valence-corrected chi connectivity index (χ2v) is 5.83. The Kier molecular flexibility index (Phi) is 4.66. The van der Waals surface area contributed by atoms with Gasteiger partial charge in [-0.25, -0.2) is 14.4 Å². The summed E-state index contributed by atoms with van der Waals surface area (Å²) < 4.78 is 15.8. The number of benzene rings is 1. The fraction of sp³-hybridized carbons (Fsp3) is 0.222. The van der Waals surface area contributed by atoms with Crippen LogP contribution in [0.2, 0.25) is 0 Å². The quantitative estimate of drug-likeness (QED) is 0.743. The molecule has 0 unspecified atom stereocenters. The van der Waals surface area contributed by atoms with E-state index in [1.54, 1.807) is 0 Å². The molecule has 0 fully saturated rings. The lowest BCUT2D eigenvalue weighted by Crippen LogP contribution is -2.26. The second-order valence-electron chi connectivity index (χ2n) is 5.83. The number of anilines is 1. The van der Waals surface area contributed by atoms with E-state index in [2.05, 4.69) is 15.3 Å². The summed E-state index contributed by atoms with van der Waals surface area (Å²) in [4.78, 5) is 32.3. The van der Waals surface area contributed by atoms with Crippen LogP contribution in [0.3, 0.4) is 0 Å². The van der Waals surface area contributed by atoms with Crippen molar-refractivity contribution in [3.8, 4) is 11.4 Å². The summed E-state index contributed by atoms with van der Waals surface area (Å²) in [6.45, 7) is 2.44. The summed E-state index contributed by atoms with van der Waals surface area (Å²) in [5, 5.41) is 3.56. The van der Waals surface area contributed by atoms with Gasteiger partial charge in [-0.2, -0.15) is 0 Å². The van der Waals surface area contributed by atoms with E-state index < -0.39 is 5.82 Å². The zero-order valence-electron chi connectivity index (χ0n) is 14.4. The first-order valence-corrected chi connectivity index (χ1v) is 8.13. The zero-order chi connectivity index (χ0) is 18.8. The zero-order valence-corrected chi connectivity index (χ0v) is 14.4. The number of amides is 1. The number of carbonyl (C=O) groups is 1. The number of nitrogen functional groups attached to an aromatic ring is 1. The third kappa shape index (κ3) is 2.90. The molecular formula is C18H18FN5O2. The number of fused-ring (bicyclic) bond motifs is 1. The Hall–Kier alpha value is -3.29. The molecule has 0 spiro atoms. The third-order valence-corrected chi connectivity index (χ3v) is 4.10. The van der Waals surface area contributed by atoms with Crippen molar-refractivity contribution in [1.29, 1.82) is 0 Å². The van der Waals surface area contributed by atoms with Gasteiger partial charge in [0.2, 0.25) is 0 Å². The summed E-state index contributed by atoms with van der Waals surface area (Å²) in [7, 11) is 1.51. The molecule has 0 saturated heterocycles. The summed E-state index contributed by atoms with van der Waals surface area (Å²) in [5.41, 5.74) is 6.15. The highest BCUT2D eigenvalue weighted by atomic mass is 19.1. The molecule has 0 radical (unpaired) electrons. The van der Waals surface area contributed by atoms with Gasteiger partial charge in [-0.3, -0.25) is 14.2 Å². The Morgan fingerprint density at radius 1 is 1.27 bits per heavy atom. The maximum Gasteiger partial charge on any atom is 0.272 e. The Balaban J connectivity index is 2.25. The molecule has 0 atom stereocenters. The first kappa shape index (κ1) is 17.5. The number of aromatic nitrogens is 3. The number of nitrogens with one attached hydrogen (secondary N) is 1. The van der Waals surface area contributed by atoms with Gasteiger partial charge in [0.05, 0.1) is 11.3 Å². The van der Waals surface area contributed by atoms with E-state index in [0.717, 1.165) is 6.42 Å². The smallest absolute Gasteiger partial charge is 0.272 e. The van der Waals surface area contributed by atoms with Crippen LogP contribution in [-0.2, 0) is 7.05 Å². The van der Waals surface area contributed by atoms with Crippen LogP contribution in [0.1, 0.15) is 23.8 Å². The summed E-state index contributed by atoms with van der Waals surface area (Å²) in [6, 6.07) is 4.01. The van der Waals surface area contributed by atoms with Gasteiger partial charge in [-0.15, -0.1) is 0 Å². The predicted molar refractivity (Wildman–Crippen MR) is 97.2 cm³/mol. The molecule has 2 heterocycles. The van der Waals surface area contributed by atoms with Crippen molar-refractivity contribution in [2.75, 3.05) is 12.3 Å². The van der Waals surface area contributed by atoms with Gasteiger partial charge in [0.25, 0.3) is 11.5 Å². The van der Waals surface area contributed by atoms with Gasteiger partial charge < -0.3 is 11.1 Å². The van der Waals surface area contributed by atoms with Crippen LogP contribution in [-0.4, -0.2) is 27.0 Å². The highest BCUT2D eigenvalue weighted by Crippen LogP contribution is 2.32. The molecule has 0 aliphatic rings. The van der Waals surface area contributed by atoms with Crippen LogP contribution in [0.4, 0.5) is 10.1 Å². The van der Waals surface area contributed by atoms with Gasteiger partial charge >= 0.3 is 0 Å². The Morgan fingerprint density at radius 3 is 2.77 bits per heavy atom. The topological polar surface area (TPSA) is 103 Å². The van der Waals surface area contributed by atoms with Gasteiger partial charge in [0.1, 0.15) is 11.6 Å². The monoisotopic (exact) mass is 355 g/mol. The van der Waals surface area contributed by atoms with Crippen molar-refractivity contribution >= 4 is 22.4 Å². The average molecular weight is 355 g/mol. The lowest BCUT2D eigenvalue weighted by atomic mass is 10.0. The van der Waals surface area contributed by atoms with E-state index in [4.69, 9.17) is 5.73 Å². The largest absolute Gasteiger partial charge is 0.396 e. The highest BCUT2D eigenvalue weighted by molar-refractivity contribution is 6.08. The minimum absolute atomic E-state index is 0.0819. The lowest BCUT2D eigenvalue weighted by Gasteiger charge is -2.13. The summed E-state index contributed by atoms with van der Waals surface area (Å²) in [5.74, 6) is -0.789. The van der Waals surface area contributed by atoms with Crippen LogP contribution in [0.15, 0.2) is 35.4 Å². The number of pyridine rings is 1. The first-order chi connectivity index (χ1) is 12.5. The van der Waals surface area contributed by atoms with E-state index in [-0.39, 0.29) is 34.2 Å². The lowest BCUT2D eigenvalue weighted by molar-refractivity contribution is 0.0950. The van der Waals surface area contributed by atoms with Crippen LogP contribution < -0.4 is 16.6 Å². The Bertz CT molecular complexity index is 1060. The molecule has 1 aromatic carbocycles. The van der Waals surface area contributed by atoms with E-state index in [0.29, 0.717) is 17.3 Å². The minimum Gasteiger partial charge on any atom is -0.396 e. The Morgan fingerprint density at radius 2 is 2.04 bits per heavy atom. The molecule has 0 bridgehead atoms. The maximum absolute atomic E-state index is 14.6. The van der Waals surface area contributed by atoms with E-state index in [1.807, 2.05) is 6.92 Å². The highest BCUT2D eigenvalue weighted by Gasteiger charge is 2.19. The molecule has 0 aliphatic carbocycles. The van der Waals surface area contributed by atoms with Crippen LogP contribution in [0, 0.1) is 5.82 Å². The number of nitrogens with two attached hydrogens (primary N) is 1. The van der Waals surface area contributed by atoms with Crippen LogP contribution in [0.25, 0.3) is 22.2 Å². The molecule has 7 nitrogen and oxygen atoms in total. The number of carbonyl (C=O) groups excluding carboxylic acids is 1. The van der Waals surface area contributed by atoms with Gasteiger partial charge in [0, 0.05) is 42.8 Å². The van der Waals surface area contributed by atoms with Crippen molar-refractivity contribution in [3.63, 3.8) is 0 Å². The van der Waals surface area contributed by atoms with Crippen molar-refractivity contribution < 1.29 is 9.18 Å². The average Bonchev–Trinajstić information content (AvgIpc) is 2.63. The van der Waals surface area contributed by atoms with Crippen LogP contribution >= 0.6 is 0 Å². The van der Waals surface area contributed by atoms with E-state index in [1.165, 1.54) is 42.2 Å². The van der Waals surface area contributed by atoms with Crippen molar-refractivity contribution in [2.45, 2.75) is 13.3 Å². The molecular weight excluding hydrogens is 337 g/mol. The number of hydrogen-bond acceptors (Lipinski definition) is 5. The number of rotatable bonds is 4. The van der Waals surface area contributed by atoms with Gasteiger partial charge in [-0.05, 0) is 18.6 Å². The first-order valence-electron chi connectivity index (χ1n) is 8.13. The molecule has 3 rings (SSSR count). The molecule has 8 heteroatoms. The van der Waals surface area contributed by atoms with E-state index >= 15 is 0 Å². The second kappa shape index (κ2) is 6.91. The molecule has 0 aliphatic heterocycles.